The van der Waals surface area contributed by atoms with Crippen LogP contribution in [-0.4, -0.2) is 21.0 Å². The Labute approximate surface area is 201 Å². The average molecular weight is 473 g/mol. The molecule has 164 valence electrons. The smallest absolute Gasteiger partial charge is 0.227 e. The number of fused-ring (bicyclic) bond motifs is 3. The highest BCUT2D eigenvalue weighted by Gasteiger charge is 2.41. The van der Waals surface area contributed by atoms with Crippen molar-refractivity contribution in [3.05, 3.63) is 106 Å². The number of aromatic nitrogens is 3. The molecule has 2 aliphatic heterocycles. The van der Waals surface area contributed by atoms with E-state index in [1.54, 1.807) is 0 Å². The van der Waals surface area contributed by atoms with E-state index in [1.165, 1.54) is 17.3 Å². The van der Waals surface area contributed by atoms with Crippen molar-refractivity contribution in [2.45, 2.75) is 24.2 Å². The highest BCUT2D eigenvalue weighted by atomic mass is 35.5. The molecule has 0 saturated heterocycles. The first-order chi connectivity index (χ1) is 16.1. The third-order valence-electron chi connectivity index (χ3n) is 6.12. The SMILES string of the molecule is CSc1nc2n(n1)[C@@H](c1ccc(C)cc1)C1=C(N2)c2ccccc2O[C@@H]1c1ccccc1Cl. The molecule has 6 rings (SSSR count). The number of ether oxygens (including phenoxy) is 1. The van der Waals surface area contributed by atoms with Crippen molar-refractivity contribution in [1.82, 2.24) is 14.8 Å². The van der Waals surface area contributed by atoms with E-state index in [1.807, 2.05) is 53.4 Å². The van der Waals surface area contributed by atoms with Gasteiger partial charge in [-0.3, -0.25) is 0 Å². The molecule has 33 heavy (non-hydrogen) atoms. The molecule has 0 unspecified atom stereocenters. The summed E-state index contributed by atoms with van der Waals surface area (Å²) in [5.74, 6) is 1.53. The summed E-state index contributed by atoms with van der Waals surface area (Å²) in [5, 5.41) is 9.80. The molecule has 3 heterocycles. The zero-order valence-corrected chi connectivity index (χ0v) is 19.7. The molecular formula is C26H21ClN4OS. The molecule has 0 bridgehead atoms. The lowest BCUT2D eigenvalue weighted by Gasteiger charge is -2.39. The zero-order chi connectivity index (χ0) is 22.5. The van der Waals surface area contributed by atoms with Crippen LogP contribution in [0.5, 0.6) is 5.75 Å². The minimum absolute atomic E-state index is 0.195. The quantitative estimate of drug-likeness (QED) is 0.344. The Morgan fingerprint density at radius 2 is 1.76 bits per heavy atom. The Balaban J connectivity index is 1.65. The molecule has 3 aromatic carbocycles. The van der Waals surface area contributed by atoms with E-state index in [-0.39, 0.29) is 12.1 Å². The number of thioether (sulfide) groups is 1. The van der Waals surface area contributed by atoms with Gasteiger partial charge in [-0.25, -0.2) is 4.68 Å². The molecule has 2 atom stereocenters. The second-order valence-electron chi connectivity index (χ2n) is 8.15. The second-order valence-corrected chi connectivity index (χ2v) is 9.33. The van der Waals surface area contributed by atoms with Crippen LogP contribution in [0.15, 0.2) is 83.5 Å². The number of anilines is 1. The summed E-state index contributed by atoms with van der Waals surface area (Å²) in [6.45, 7) is 2.09. The Bertz CT molecular complexity index is 1400. The van der Waals surface area contributed by atoms with Crippen molar-refractivity contribution in [3.8, 4) is 5.75 Å². The van der Waals surface area contributed by atoms with Crippen LogP contribution in [0.25, 0.3) is 5.70 Å². The number of halogens is 1. The van der Waals surface area contributed by atoms with Gasteiger partial charge in [0.05, 0.1) is 5.70 Å². The fourth-order valence-electron chi connectivity index (χ4n) is 4.56. The lowest BCUT2D eigenvalue weighted by molar-refractivity contribution is 0.223. The van der Waals surface area contributed by atoms with Crippen LogP contribution in [0.4, 0.5) is 5.95 Å². The van der Waals surface area contributed by atoms with Gasteiger partial charge in [0.15, 0.2) is 6.10 Å². The number of hydrogen-bond acceptors (Lipinski definition) is 5. The predicted octanol–water partition coefficient (Wildman–Crippen LogP) is 6.52. The molecule has 0 fully saturated rings. The van der Waals surface area contributed by atoms with Crippen molar-refractivity contribution in [2.75, 3.05) is 11.6 Å². The summed E-state index contributed by atoms with van der Waals surface area (Å²) in [7, 11) is 0. The zero-order valence-electron chi connectivity index (χ0n) is 18.1. The average Bonchev–Trinajstić information content (AvgIpc) is 3.26. The van der Waals surface area contributed by atoms with E-state index in [4.69, 9.17) is 26.4 Å². The molecule has 0 amide bonds. The fraction of sp³-hybridized carbons (Fsp3) is 0.154. The summed E-state index contributed by atoms with van der Waals surface area (Å²) in [4.78, 5) is 4.74. The van der Waals surface area contributed by atoms with Crippen LogP contribution >= 0.6 is 23.4 Å². The van der Waals surface area contributed by atoms with Crippen molar-refractivity contribution in [1.29, 1.82) is 0 Å². The molecule has 1 N–H and O–H groups in total. The third-order valence-corrected chi connectivity index (χ3v) is 7.01. The maximum absolute atomic E-state index is 6.70. The standard InChI is InChI=1S/C26H21ClN4OS/c1-15-11-13-16(14-12-15)23-21-22(28-25-29-26(33-2)30-31(23)25)18-8-4-6-10-20(18)32-24(21)17-7-3-5-9-19(17)27/h3-14,23-24H,1-2H3,(H,28,29,30)/t23-,24+/m0/s1. The first kappa shape index (κ1) is 20.4. The van der Waals surface area contributed by atoms with E-state index in [0.29, 0.717) is 5.02 Å². The predicted molar refractivity (Wildman–Crippen MR) is 133 cm³/mol. The number of aryl methyl sites for hydroxylation is 1. The van der Waals surface area contributed by atoms with E-state index < -0.39 is 0 Å². The molecule has 0 saturated carbocycles. The van der Waals surface area contributed by atoms with Crippen molar-refractivity contribution >= 4 is 35.0 Å². The topological polar surface area (TPSA) is 52.0 Å². The molecule has 0 aliphatic carbocycles. The van der Waals surface area contributed by atoms with Crippen LogP contribution < -0.4 is 10.1 Å². The highest BCUT2D eigenvalue weighted by Crippen LogP contribution is 2.51. The molecule has 7 heteroatoms. The van der Waals surface area contributed by atoms with E-state index >= 15 is 0 Å². The number of hydrogen-bond donors (Lipinski definition) is 1. The van der Waals surface area contributed by atoms with Crippen LogP contribution in [0.3, 0.4) is 0 Å². The van der Waals surface area contributed by atoms with Gasteiger partial charge in [0, 0.05) is 21.7 Å². The van der Waals surface area contributed by atoms with Gasteiger partial charge in [-0.15, -0.1) is 5.10 Å². The fourth-order valence-corrected chi connectivity index (χ4v) is 5.14. The molecule has 2 aliphatic rings. The number of para-hydroxylation sites is 1. The maximum Gasteiger partial charge on any atom is 0.227 e. The van der Waals surface area contributed by atoms with Gasteiger partial charge in [0.1, 0.15) is 11.8 Å². The monoisotopic (exact) mass is 472 g/mol. The molecule has 4 aromatic rings. The van der Waals surface area contributed by atoms with Crippen molar-refractivity contribution in [2.24, 2.45) is 0 Å². The number of nitrogens with one attached hydrogen (secondary N) is 1. The van der Waals surface area contributed by atoms with Gasteiger partial charge in [-0.1, -0.05) is 83.5 Å². The maximum atomic E-state index is 6.70. The summed E-state index contributed by atoms with van der Waals surface area (Å²) in [5.41, 5.74) is 6.32. The van der Waals surface area contributed by atoms with Gasteiger partial charge < -0.3 is 10.1 Å². The first-order valence-electron chi connectivity index (χ1n) is 10.7. The summed E-state index contributed by atoms with van der Waals surface area (Å²) >= 11 is 8.22. The van der Waals surface area contributed by atoms with Crippen LogP contribution in [-0.2, 0) is 0 Å². The molecule has 0 radical (unpaired) electrons. The highest BCUT2D eigenvalue weighted by molar-refractivity contribution is 7.98. The normalized spacial score (nSPS) is 18.6. The lowest BCUT2D eigenvalue weighted by Crippen LogP contribution is -2.32. The van der Waals surface area contributed by atoms with Gasteiger partial charge >= 0.3 is 0 Å². The minimum atomic E-state index is -0.377. The van der Waals surface area contributed by atoms with Gasteiger partial charge in [-0.05, 0) is 36.9 Å². The van der Waals surface area contributed by atoms with E-state index in [2.05, 4.69) is 42.6 Å². The summed E-state index contributed by atoms with van der Waals surface area (Å²) in [6.07, 6.45) is 1.61. The van der Waals surface area contributed by atoms with E-state index in [9.17, 15) is 0 Å². The Morgan fingerprint density at radius 1 is 1.00 bits per heavy atom. The Kier molecular flexibility index (Phi) is 4.93. The number of rotatable bonds is 3. The largest absolute Gasteiger partial charge is 0.480 e. The van der Waals surface area contributed by atoms with Gasteiger partial charge in [0.2, 0.25) is 11.1 Å². The molecule has 5 nitrogen and oxygen atoms in total. The minimum Gasteiger partial charge on any atom is -0.480 e. The van der Waals surface area contributed by atoms with Gasteiger partial charge in [-0.2, -0.15) is 4.98 Å². The third kappa shape index (κ3) is 3.33. The molecular weight excluding hydrogens is 452 g/mol. The Hall–Kier alpha value is -3.22. The molecule has 0 spiro atoms. The summed E-state index contributed by atoms with van der Waals surface area (Å²) < 4.78 is 8.61. The van der Waals surface area contributed by atoms with Crippen molar-refractivity contribution < 1.29 is 4.74 Å². The Morgan fingerprint density at radius 3 is 2.55 bits per heavy atom. The van der Waals surface area contributed by atoms with E-state index in [0.717, 1.165) is 44.8 Å². The van der Waals surface area contributed by atoms with Crippen LogP contribution in [0.2, 0.25) is 5.02 Å². The summed E-state index contributed by atoms with van der Waals surface area (Å²) in [6, 6.07) is 24.3. The van der Waals surface area contributed by atoms with Crippen LogP contribution in [0, 0.1) is 6.92 Å². The van der Waals surface area contributed by atoms with Crippen LogP contribution in [0.1, 0.15) is 34.4 Å². The molecule has 1 aromatic heterocycles. The lowest BCUT2D eigenvalue weighted by atomic mass is 9.84. The second kappa shape index (κ2) is 7.97. The van der Waals surface area contributed by atoms with Crippen molar-refractivity contribution in [3.63, 3.8) is 0 Å². The number of benzene rings is 3. The van der Waals surface area contributed by atoms with Gasteiger partial charge in [0.25, 0.3) is 0 Å². The number of nitrogens with zero attached hydrogens (tertiary/aromatic N) is 3. The first-order valence-corrected chi connectivity index (χ1v) is 12.3.